The molecule has 4 saturated carbocycles. The third-order valence-electron chi connectivity index (χ3n) is 20.1. The summed E-state index contributed by atoms with van der Waals surface area (Å²) in [5.41, 5.74) is 0.244. The molecule has 10 rings (SSSR count). The van der Waals surface area contributed by atoms with Crippen LogP contribution in [0.1, 0.15) is 163 Å². The second kappa shape index (κ2) is 14.5. The van der Waals surface area contributed by atoms with Crippen LogP contribution in [-0.2, 0) is 30.7 Å². The minimum Gasteiger partial charge on any atom is -0.508 e. The van der Waals surface area contributed by atoms with Crippen molar-refractivity contribution in [3.05, 3.63) is 45.5 Å². The van der Waals surface area contributed by atoms with Gasteiger partial charge in [-0.2, -0.15) is 0 Å². The number of carbonyl (C=O) groups is 3. The van der Waals surface area contributed by atoms with Gasteiger partial charge in [0.05, 0.1) is 42.5 Å². The quantitative estimate of drug-likeness (QED) is 0.155. The number of hydrogen-bond acceptors (Lipinski definition) is 10. The van der Waals surface area contributed by atoms with Gasteiger partial charge in [0.15, 0.2) is 0 Å². The third kappa shape index (κ3) is 5.82. The lowest BCUT2D eigenvalue weighted by atomic mass is 9.43. The number of fused-ring (bicyclic) bond motifs is 10. The Kier molecular flexibility index (Phi) is 9.96. The first-order chi connectivity index (χ1) is 30.4. The Balaban J connectivity index is 0.833. The van der Waals surface area contributed by atoms with Crippen LogP contribution in [0.15, 0.2) is 12.1 Å². The number of rotatable bonds is 7. The zero-order chi connectivity index (χ0) is 46.7. The summed E-state index contributed by atoms with van der Waals surface area (Å²) in [4.78, 5) is 44.1. The fourth-order valence-corrected chi connectivity index (χ4v) is 16.2. The number of benzene rings is 2. The summed E-state index contributed by atoms with van der Waals surface area (Å²) in [7, 11) is 0. The van der Waals surface area contributed by atoms with Crippen LogP contribution in [-0.4, -0.2) is 100 Å². The first kappa shape index (κ1) is 44.7. The monoisotopic (exact) mass is 898 g/mol. The Morgan fingerprint density at radius 1 is 0.723 bits per heavy atom. The SMILES string of the molecule is C[C@H]1CC[C@@H]2C(C)(C)[C@@H](O)[C@H](O)C[C@@]2(C)[C@]12Cc1c(O)cc3c(c1O2)CN(CCCC[C@H](C(=O)O)N1Cc2c(cc(O)c4c2O[C@]2(C4)[C@@H](C)CC[C@@H]4C(C)(C)[C@H](O)CC[C@]42C)C1=O)C3=O. The zero-order valence-electron chi connectivity index (χ0n) is 39.5. The summed E-state index contributed by atoms with van der Waals surface area (Å²) in [6.45, 7) is 17.8. The molecule has 2 spiro atoms. The summed E-state index contributed by atoms with van der Waals surface area (Å²) in [6.07, 6.45) is 5.21. The van der Waals surface area contributed by atoms with Gasteiger partial charge in [0.1, 0.15) is 40.2 Å². The summed E-state index contributed by atoms with van der Waals surface area (Å²) in [5.74, 6) is -0.274. The number of phenols is 2. The number of carboxylic acids is 1. The predicted molar refractivity (Wildman–Crippen MR) is 240 cm³/mol. The Morgan fingerprint density at radius 2 is 1.26 bits per heavy atom. The van der Waals surface area contributed by atoms with E-state index in [2.05, 4.69) is 41.5 Å². The molecule has 2 aromatic rings. The number of carbonyl (C=O) groups excluding carboxylic acids is 2. The molecule has 2 aromatic carbocycles. The first-order valence-electron chi connectivity index (χ1n) is 24.5. The van der Waals surface area contributed by atoms with Gasteiger partial charge in [-0.05, 0) is 111 Å². The highest BCUT2D eigenvalue weighted by Gasteiger charge is 2.70. The van der Waals surface area contributed by atoms with Crippen molar-refractivity contribution in [2.24, 2.45) is 45.3 Å². The van der Waals surface area contributed by atoms with E-state index in [9.17, 15) is 45.0 Å². The number of aliphatic hydroxyl groups excluding tert-OH is 3. The number of aliphatic hydroxyl groups is 3. The highest BCUT2D eigenvalue weighted by molar-refractivity contribution is 6.02. The molecule has 12 atom stereocenters. The molecular weight excluding hydrogens is 829 g/mol. The average Bonchev–Trinajstić information content (AvgIpc) is 4.01. The van der Waals surface area contributed by atoms with E-state index in [0.29, 0.717) is 78.8 Å². The van der Waals surface area contributed by atoms with E-state index < -0.39 is 58.3 Å². The molecule has 6 N–H and O–H groups in total. The van der Waals surface area contributed by atoms with E-state index in [-0.39, 0.29) is 77.0 Å². The molecule has 0 unspecified atom stereocenters. The largest absolute Gasteiger partial charge is 0.508 e. The van der Waals surface area contributed by atoms with Gasteiger partial charge in [-0.1, -0.05) is 55.4 Å². The number of aromatic hydroxyl groups is 2. The van der Waals surface area contributed by atoms with Gasteiger partial charge < -0.3 is 49.9 Å². The molecule has 0 bridgehead atoms. The number of aliphatic carboxylic acids is 1. The summed E-state index contributed by atoms with van der Waals surface area (Å²) >= 11 is 0. The molecule has 2 amide bonds. The third-order valence-corrected chi connectivity index (χ3v) is 20.1. The molecule has 0 radical (unpaired) electrons. The van der Waals surface area contributed by atoms with E-state index in [1.165, 1.54) is 11.0 Å². The maximum atomic E-state index is 14.1. The lowest BCUT2D eigenvalue weighted by Gasteiger charge is -2.64. The highest BCUT2D eigenvalue weighted by atomic mass is 16.5. The van der Waals surface area contributed by atoms with Gasteiger partial charge in [-0.15, -0.1) is 0 Å². The van der Waals surface area contributed by atoms with Crippen LogP contribution in [0.4, 0.5) is 0 Å². The number of ether oxygens (including phenoxy) is 2. The zero-order valence-corrected chi connectivity index (χ0v) is 39.5. The molecule has 0 aromatic heterocycles. The van der Waals surface area contributed by atoms with Gasteiger partial charge in [0.25, 0.3) is 11.8 Å². The lowest BCUT2D eigenvalue weighted by molar-refractivity contribution is -0.240. The smallest absolute Gasteiger partial charge is 0.326 e. The first-order valence-corrected chi connectivity index (χ1v) is 24.5. The standard InChI is InChI=1S/C52H70N2O11/c1-26-12-14-38-47(3,4)40(58)16-17-49(38,7)51(26)21-30-36(56)20-29-33(42(30)64-51)25-54(45(29)61)34(46(62)63)11-9-10-18-53-24-32-28(44(53)60)19-35(55)31-22-52(65-41(31)32)27(2)13-15-39-48(5,6)43(59)37(57)23-50(39,52)8/h19-20,26-27,34,37-40,43,55-59H,9-18,21-25H2,1-8H3,(H,62,63)/t26-,27-,34+,37+,38+,39+,40+,43-,49+,50+,51+,52-/m0/s1. The minimum atomic E-state index is -1.14. The van der Waals surface area contributed by atoms with Crippen molar-refractivity contribution >= 4 is 17.8 Å². The van der Waals surface area contributed by atoms with Crippen LogP contribution in [0.5, 0.6) is 23.0 Å². The van der Waals surface area contributed by atoms with E-state index in [1.54, 1.807) is 11.0 Å². The molecule has 8 aliphatic rings. The van der Waals surface area contributed by atoms with Crippen molar-refractivity contribution in [2.45, 2.75) is 181 Å². The lowest BCUT2D eigenvalue weighted by Crippen LogP contribution is -2.69. The topological polar surface area (TPSA) is 198 Å². The predicted octanol–water partition coefficient (Wildman–Crippen LogP) is 7.12. The van der Waals surface area contributed by atoms with E-state index >= 15 is 0 Å². The molecule has 4 aliphatic carbocycles. The number of carboxylic acid groups (broad SMARTS) is 1. The molecule has 354 valence electrons. The van der Waals surface area contributed by atoms with Crippen molar-refractivity contribution in [1.29, 1.82) is 0 Å². The Labute approximate surface area is 382 Å². The second-order valence-corrected chi connectivity index (χ2v) is 23.6. The number of hydrogen-bond donors (Lipinski definition) is 6. The Bertz CT molecular complexity index is 2380. The highest BCUT2D eigenvalue weighted by Crippen LogP contribution is 2.69. The van der Waals surface area contributed by atoms with Crippen LogP contribution in [0, 0.1) is 45.3 Å². The number of amides is 2. The van der Waals surface area contributed by atoms with Crippen molar-refractivity contribution in [3.63, 3.8) is 0 Å². The maximum absolute atomic E-state index is 14.1. The number of phenolic OH excluding ortho intramolecular Hbond substituents is 2. The summed E-state index contributed by atoms with van der Waals surface area (Å²) in [6, 6.07) is 1.91. The molecule has 4 aliphatic heterocycles. The van der Waals surface area contributed by atoms with Crippen LogP contribution < -0.4 is 9.47 Å². The van der Waals surface area contributed by atoms with Gasteiger partial charge in [0, 0.05) is 52.5 Å². The van der Waals surface area contributed by atoms with Gasteiger partial charge in [-0.3, -0.25) is 9.59 Å². The van der Waals surface area contributed by atoms with Crippen LogP contribution in [0.3, 0.4) is 0 Å². The van der Waals surface area contributed by atoms with Crippen molar-refractivity contribution in [2.75, 3.05) is 6.54 Å². The van der Waals surface area contributed by atoms with E-state index in [1.807, 2.05) is 13.8 Å². The fraction of sp³-hybridized carbons (Fsp3) is 0.712. The van der Waals surface area contributed by atoms with Gasteiger partial charge in [0.2, 0.25) is 0 Å². The van der Waals surface area contributed by atoms with Gasteiger partial charge >= 0.3 is 5.97 Å². The summed E-state index contributed by atoms with van der Waals surface area (Å²) in [5, 5.41) is 67.0. The molecular formula is C52H70N2O11. The molecule has 4 heterocycles. The van der Waals surface area contributed by atoms with E-state index in [4.69, 9.17) is 9.47 Å². The molecule has 13 heteroatoms. The number of unbranched alkanes of at least 4 members (excludes halogenated alkanes) is 1. The van der Waals surface area contributed by atoms with Crippen LogP contribution in [0.25, 0.3) is 0 Å². The van der Waals surface area contributed by atoms with Crippen molar-refractivity contribution < 1.29 is 54.5 Å². The van der Waals surface area contributed by atoms with Crippen LogP contribution in [0.2, 0.25) is 0 Å². The van der Waals surface area contributed by atoms with Crippen molar-refractivity contribution in [1.82, 2.24) is 9.80 Å². The Hall–Kier alpha value is -4.07. The maximum Gasteiger partial charge on any atom is 0.326 e. The van der Waals surface area contributed by atoms with Crippen LogP contribution >= 0.6 is 0 Å². The molecule has 4 fully saturated rings. The average molecular weight is 899 g/mol. The van der Waals surface area contributed by atoms with Crippen molar-refractivity contribution in [3.8, 4) is 23.0 Å². The van der Waals surface area contributed by atoms with Gasteiger partial charge in [-0.25, -0.2) is 4.79 Å². The molecule has 13 nitrogen and oxygen atoms in total. The fourth-order valence-electron chi connectivity index (χ4n) is 16.2. The molecule has 0 saturated heterocycles. The summed E-state index contributed by atoms with van der Waals surface area (Å²) < 4.78 is 14.3. The van der Waals surface area contributed by atoms with E-state index in [0.717, 1.165) is 37.7 Å². The molecule has 65 heavy (non-hydrogen) atoms. The normalized spacial score (nSPS) is 38.7. The Morgan fingerprint density at radius 3 is 1.85 bits per heavy atom. The second-order valence-electron chi connectivity index (χ2n) is 23.6. The minimum absolute atomic E-state index is 0.00949. The number of nitrogens with zero attached hydrogens (tertiary/aromatic N) is 2.